The van der Waals surface area contributed by atoms with Crippen molar-refractivity contribution in [2.24, 2.45) is 0 Å². The Kier molecular flexibility index (Phi) is 5.78. The summed E-state index contributed by atoms with van der Waals surface area (Å²) < 4.78 is 0. The second kappa shape index (κ2) is 8.62. The minimum atomic E-state index is -0.129. The normalized spacial score (nSPS) is 10.2. The average molecular weight is 343 g/mol. The van der Waals surface area contributed by atoms with Gasteiger partial charge in [-0.3, -0.25) is 4.79 Å². The zero-order valence-corrected chi connectivity index (χ0v) is 14.5. The van der Waals surface area contributed by atoms with E-state index in [2.05, 4.69) is 16.9 Å². The van der Waals surface area contributed by atoms with E-state index in [0.717, 1.165) is 16.9 Å². The highest BCUT2D eigenvalue weighted by atomic mass is 16.2. The van der Waals surface area contributed by atoms with Crippen molar-refractivity contribution in [1.82, 2.24) is 4.98 Å². The maximum atomic E-state index is 13.1. The number of pyridine rings is 1. The van der Waals surface area contributed by atoms with Crippen molar-refractivity contribution in [3.05, 3.63) is 103 Å². The summed E-state index contributed by atoms with van der Waals surface area (Å²) >= 11 is 0. The van der Waals surface area contributed by atoms with Crippen molar-refractivity contribution >= 4 is 17.3 Å². The van der Waals surface area contributed by atoms with Gasteiger partial charge in [-0.2, -0.15) is 0 Å². The second-order valence-electron chi connectivity index (χ2n) is 5.81. The van der Waals surface area contributed by atoms with Crippen LogP contribution in [0, 0.1) is 0 Å². The number of nitrogens with zero attached hydrogens (tertiary/aromatic N) is 2. The van der Waals surface area contributed by atoms with E-state index in [-0.39, 0.29) is 5.91 Å². The number of anilines is 2. The van der Waals surface area contributed by atoms with Crippen LogP contribution in [-0.2, 0) is 6.54 Å². The second-order valence-corrected chi connectivity index (χ2v) is 5.81. The minimum Gasteiger partial charge on any atom is -0.380 e. The summed E-state index contributed by atoms with van der Waals surface area (Å²) in [5.74, 6) is -0.129. The van der Waals surface area contributed by atoms with Gasteiger partial charge >= 0.3 is 0 Å². The van der Waals surface area contributed by atoms with Crippen molar-refractivity contribution in [3.8, 4) is 0 Å². The zero-order chi connectivity index (χ0) is 18.2. The zero-order valence-electron chi connectivity index (χ0n) is 14.5. The topological polar surface area (TPSA) is 45.2 Å². The van der Waals surface area contributed by atoms with E-state index in [0.29, 0.717) is 18.8 Å². The monoisotopic (exact) mass is 343 g/mol. The van der Waals surface area contributed by atoms with E-state index in [9.17, 15) is 4.79 Å². The van der Waals surface area contributed by atoms with E-state index in [4.69, 9.17) is 0 Å². The molecule has 3 aromatic rings. The number of benzene rings is 2. The molecule has 26 heavy (non-hydrogen) atoms. The number of aromatic nitrogens is 1. The number of rotatable bonds is 7. The Hall–Kier alpha value is -3.40. The Morgan fingerprint density at radius 1 is 1.00 bits per heavy atom. The molecule has 0 aliphatic heterocycles. The highest BCUT2D eigenvalue weighted by Crippen LogP contribution is 2.20. The lowest BCUT2D eigenvalue weighted by Crippen LogP contribution is -2.31. The summed E-state index contributed by atoms with van der Waals surface area (Å²) in [7, 11) is 0. The maximum Gasteiger partial charge on any atom is 0.277 e. The lowest BCUT2D eigenvalue weighted by Gasteiger charge is -2.23. The smallest absolute Gasteiger partial charge is 0.277 e. The first-order valence-corrected chi connectivity index (χ1v) is 8.49. The van der Waals surface area contributed by atoms with Crippen molar-refractivity contribution < 1.29 is 4.79 Å². The molecule has 2 aromatic carbocycles. The molecule has 4 heteroatoms. The first-order chi connectivity index (χ1) is 12.8. The highest BCUT2D eigenvalue weighted by molar-refractivity contribution is 6.04. The molecule has 0 spiro atoms. The average Bonchev–Trinajstić information content (AvgIpc) is 2.72. The summed E-state index contributed by atoms with van der Waals surface area (Å²) in [6, 6.07) is 23.2. The van der Waals surface area contributed by atoms with Crippen molar-refractivity contribution in [2.75, 3.05) is 16.8 Å². The molecule has 0 aliphatic rings. The molecule has 0 radical (unpaired) electrons. The van der Waals surface area contributed by atoms with Crippen LogP contribution in [0.2, 0.25) is 0 Å². The van der Waals surface area contributed by atoms with Gasteiger partial charge in [-0.05, 0) is 29.8 Å². The van der Waals surface area contributed by atoms with Crippen LogP contribution in [0.1, 0.15) is 16.1 Å². The van der Waals surface area contributed by atoms with Gasteiger partial charge < -0.3 is 10.2 Å². The predicted octanol–water partition coefficient (Wildman–Crippen LogP) is 4.53. The molecule has 0 saturated heterocycles. The number of nitrogens with one attached hydrogen (secondary N) is 1. The Labute approximate surface area is 153 Å². The molecule has 130 valence electrons. The van der Waals surface area contributed by atoms with Crippen LogP contribution in [0.3, 0.4) is 0 Å². The summed E-state index contributed by atoms with van der Waals surface area (Å²) in [4.78, 5) is 19.2. The molecule has 0 saturated carbocycles. The maximum absolute atomic E-state index is 13.1. The first-order valence-electron chi connectivity index (χ1n) is 8.49. The lowest BCUT2D eigenvalue weighted by atomic mass is 10.1. The Bertz CT molecular complexity index is 846. The first kappa shape index (κ1) is 17.4. The van der Waals surface area contributed by atoms with Crippen LogP contribution in [0.5, 0.6) is 0 Å². The molecule has 0 unspecified atom stereocenters. The van der Waals surface area contributed by atoms with Gasteiger partial charge in [-0.25, -0.2) is 4.98 Å². The van der Waals surface area contributed by atoms with Crippen LogP contribution < -0.4 is 10.2 Å². The fourth-order valence-corrected chi connectivity index (χ4v) is 2.61. The van der Waals surface area contributed by atoms with Crippen LogP contribution in [-0.4, -0.2) is 17.4 Å². The van der Waals surface area contributed by atoms with E-state index < -0.39 is 0 Å². The number of hydrogen-bond donors (Lipinski definition) is 1. The van der Waals surface area contributed by atoms with E-state index in [1.165, 1.54) is 0 Å². The molecule has 1 amide bonds. The predicted molar refractivity (Wildman–Crippen MR) is 106 cm³/mol. The molecule has 3 rings (SSSR count). The summed E-state index contributed by atoms with van der Waals surface area (Å²) in [6.07, 6.45) is 3.44. The molecular weight excluding hydrogens is 322 g/mol. The van der Waals surface area contributed by atoms with Gasteiger partial charge in [0.25, 0.3) is 5.91 Å². The van der Waals surface area contributed by atoms with Gasteiger partial charge in [0.1, 0.15) is 5.69 Å². The molecule has 1 aromatic heterocycles. The van der Waals surface area contributed by atoms with Crippen LogP contribution >= 0.6 is 0 Å². The molecule has 0 atom stereocenters. The van der Waals surface area contributed by atoms with Crippen molar-refractivity contribution in [1.29, 1.82) is 0 Å². The number of hydrogen-bond acceptors (Lipinski definition) is 3. The third-order valence-corrected chi connectivity index (χ3v) is 3.93. The third-order valence-electron chi connectivity index (χ3n) is 3.93. The van der Waals surface area contributed by atoms with Gasteiger partial charge in [0.2, 0.25) is 0 Å². The largest absolute Gasteiger partial charge is 0.380 e. The van der Waals surface area contributed by atoms with Crippen LogP contribution in [0.15, 0.2) is 91.6 Å². The molecule has 0 aliphatic carbocycles. The standard InChI is InChI=1S/C22H21N3O/c1-2-15-23-19-13-14-21(24-16-19)22(26)25(20-11-7-4-8-12-20)17-18-9-5-3-6-10-18/h2-14,16,23H,1,15,17H2. The Morgan fingerprint density at radius 2 is 1.69 bits per heavy atom. The Morgan fingerprint density at radius 3 is 2.31 bits per heavy atom. The van der Waals surface area contributed by atoms with Crippen molar-refractivity contribution in [3.63, 3.8) is 0 Å². The van der Waals surface area contributed by atoms with Gasteiger partial charge in [-0.15, -0.1) is 6.58 Å². The number of para-hydroxylation sites is 1. The van der Waals surface area contributed by atoms with Gasteiger partial charge in [0.05, 0.1) is 18.4 Å². The minimum absolute atomic E-state index is 0.129. The molecular formula is C22H21N3O. The number of amides is 1. The molecule has 0 fully saturated rings. The SMILES string of the molecule is C=CCNc1ccc(C(=O)N(Cc2ccccc2)c2ccccc2)nc1. The van der Waals surface area contributed by atoms with Crippen molar-refractivity contribution in [2.45, 2.75) is 6.54 Å². The van der Waals surface area contributed by atoms with E-state index >= 15 is 0 Å². The molecule has 1 N–H and O–H groups in total. The van der Waals surface area contributed by atoms with Crippen LogP contribution in [0.25, 0.3) is 0 Å². The summed E-state index contributed by atoms with van der Waals surface area (Å²) in [5.41, 5.74) is 3.18. The van der Waals surface area contributed by atoms with Gasteiger partial charge in [0, 0.05) is 12.2 Å². The van der Waals surface area contributed by atoms with Gasteiger partial charge in [0.15, 0.2) is 0 Å². The highest BCUT2D eigenvalue weighted by Gasteiger charge is 2.19. The number of carbonyl (C=O) groups excluding carboxylic acids is 1. The number of carbonyl (C=O) groups is 1. The van der Waals surface area contributed by atoms with E-state index in [1.54, 1.807) is 23.2 Å². The summed E-state index contributed by atoms with van der Waals surface area (Å²) in [6.45, 7) is 4.81. The van der Waals surface area contributed by atoms with E-state index in [1.807, 2.05) is 66.7 Å². The fourth-order valence-electron chi connectivity index (χ4n) is 2.61. The molecule has 0 bridgehead atoms. The molecule has 1 heterocycles. The van der Waals surface area contributed by atoms with Crippen LogP contribution in [0.4, 0.5) is 11.4 Å². The lowest BCUT2D eigenvalue weighted by molar-refractivity contribution is 0.0980. The fraction of sp³-hybridized carbons (Fsp3) is 0.0909. The molecule has 4 nitrogen and oxygen atoms in total. The Balaban J connectivity index is 1.86. The van der Waals surface area contributed by atoms with Gasteiger partial charge in [-0.1, -0.05) is 54.6 Å². The third kappa shape index (κ3) is 4.36. The quantitative estimate of drug-likeness (QED) is 0.641. The summed E-state index contributed by atoms with van der Waals surface area (Å²) in [5, 5.41) is 3.16.